The molecule has 9 heteroatoms. The molecule has 0 aliphatic carbocycles. The van der Waals surface area contributed by atoms with Crippen LogP contribution >= 0.6 is 0 Å². The quantitative estimate of drug-likeness (QED) is 0.191. The number of hydrogen-bond acceptors (Lipinski definition) is 8. The summed E-state index contributed by atoms with van der Waals surface area (Å²) >= 11 is 0. The molecular weight excluding hydrogens is 448 g/mol. The number of carbonyl (C=O) groups is 3. The van der Waals surface area contributed by atoms with Gasteiger partial charge in [-0.3, -0.25) is 9.78 Å². The van der Waals surface area contributed by atoms with Crippen LogP contribution < -0.4 is 14.9 Å². The first-order valence-electron chi connectivity index (χ1n) is 10.4. The van der Waals surface area contributed by atoms with Gasteiger partial charge in [0.15, 0.2) is 0 Å². The van der Waals surface area contributed by atoms with Crippen LogP contribution in [0, 0.1) is 0 Å². The predicted octanol–water partition coefficient (Wildman–Crippen LogP) is 3.68. The topological polar surface area (TPSA) is 120 Å². The largest absolute Gasteiger partial charge is 0.423 e. The molecular formula is C26H18N4O5. The highest BCUT2D eigenvalue weighted by molar-refractivity contribution is 5.95. The highest BCUT2D eigenvalue weighted by atomic mass is 16.5. The Labute approximate surface area is 200 Å². The number of nitrogens with one attached hydrogen (secondary N) is 1. The van der Waals surface area contributed by atoms with E-state index in [4.69, 9.17) is 9.47 Å². The molecule has 35 heavy (non-hydrogen) atoms. The third-order valence-electron chi connectivity index (χ3n) is 4.58. The Bertz CT molecular complexity index is 1360. The van der Waals surface area contributed by atoms with Crippen molar-refractivity contribution in [1.82, 2.24) is 15.4 Å². The monoisotopic (exact) mass is 466 g/mol. The van der Waals surface area contributed by atoms with Gasteiger partial charge >= 0.3 is 11.9 Å². The first-order valence-corrected chi connectivity index (χ1v) is 10.4. The fraction of sp³-hybridized carbons (Fsp3) is 0. The minimum absolute atomic E-state index is 0.0784. The predicted molar refractivity (Wildman–Crippen MR) is 126 cm³/mol. The van der Waals surface area contributed by atoms with E-state index in [0.717, 1.165) is 0 Å². The highest BCUT2D eigenvalue weighted by Gasteiger charge is 2.15. The van der Waals surface area contributed by atoms with Crippen molar-refractivity contribution in [3.8, 4) is 11.5 Å². The Morgan fingerprint density at radius 2 is 1.46 bits per heavy atom. The summed E-state index contributed by atoms with van der Waals surface area (Å²) in [6.45, 7) is 0. The molecule has 3 aromatic carbocycles. The van der Waals surface area contributed by atoms with E-state index in [9.17, 15) is 14.4 Å². The SMILES string of the molecule is O=C(Oc1ccc(/C=N/NC(=O)c2cnccn2)c(OC(=O)c2ccccc2)c1)c1ccccc1. The third kappa shape index (κ3) is 6.20. The number of carbonyl (C=O) groups excluding carboxylic acids is 3. The summed E-state index contributed by atoms with van der Waals surface area (Å²) in [5, 5.41) is 3.91. The molecule has 1 N–H and O–H groups in total. The number of hydrogen-bond donors (Lipinski definition) is 1. The van der Waals surface area contributed by atoms with Crippen LogP contribution in [0.3, 0.4) is 0 Å². The summed E-state index contributed by atoms with van der Waals surface area (Å²) in [5.74, 6) is -1.50. The van der Waals surface area contributed by atoms with Gasteiger partial charge in [-0.05, 0) is 36.4 Å². The Morgan fingerprint density at radius 1 is 0.800 bits per heavy atom. The standard InChI is InChI=1S/C26H18N4O5/c31-24(22-17-27-13-14-28-22)30-29-16-20-11-12-21(34-25(32)18-7-3-1-4-8-18)15-23(20)35-26(33)19-9-5-2-6-10-19/h1-17H,(H,30,31)/b29-16+. The van der Waals surface area contributed by atoms with Gasteiger partial charge in [-0.1, -0.05) is 36.4 Å². The summed E-state index contributed by atoms with van der Waals surface area (Å²) in [4.78, 5) is 44.9. The molecule has 1 aromatic heterocycles. The van der Waals surface area contributed by atoms with E-state index < -0.39 is 17.8 Å². The van der Waals surface area contributed by atoms with Crippen molar-refractivity contribution in [2.45, 2.75) is 0 Å². The summed E-state index contributed by atoms with van der Waals surface area (Å²) < 4.78 is 11.0. The lowest BCUT2D eigenvalue weighted by atomic mass is 10.2. The summed E-state index contributed by atoms with van der Waals surface area (Å²) in [6, 6.07) is 21.3. The van der Waals surface area contributed by atoms with E-state index in [1.165, 1.54) is 36.9 Å². The van der Waals surface area contributed by atoms with Crippen LogP contribution in [0.4, 0.5) is 0 Å². The number of aromatic nitrogens is 2. The van der Waals surface area contributed by atoms with Crippen molar-refractivity contribution in [2.24, 2.45) is 5.10 Å². The second-order valence-corrected chi connectivity index (χ2v) is 7.00. The Balaban J connectivity index is 1.56. The van der Waals surface area contributed by atoms with Gasteiger partial charge in [0.05, 0.1) is 23.5 Å². The van der Waals surface area contributed by atoms with E-state index in [1.54, 1.807) is 66.7 Å². The van der Waals surface area contributed by atoms with Crippen LogP contribution in [-0.2, 0) is 0 Å². The molecule has 172 valence electrons. The molecule has 4 aromatic rings. The molecule has 0 fully saturated rings. The molecule has 0 saturated heterocycles. The van der Waals surface area contributed by atoms with E-state index in [1.807, 2.05) is 0 Å². The smallest absolute Gasteiger partial charge is 0.343 e. The van der Waals surface area contributed by atoms with Gasteiger partial charge in [-0.2, -0.15) is 5.10 Å². The van der Waals surface area contributed by atoms with Crippen LogP contribution in [0.5, 0.6) is 11.5 Å². The molecule has 1 heterocycles. The summed E-state index contributed by atoms with van der Waals surface area (Å²) in [6.07, 6.45) is 5.42. The van der Waals surface area contributed by atoms with Crippen molar-refractivity contribution in [3.05, 3.63) is 120 Å². The van der Waals surface area contributed by atoms with E-state index in [-0.39, 0.29) is 17.2 Å². The normalized spacial score (nSPS) is 10.5. The zero-order valence-corrected chi connectivity index (χ0v) is 18.2. The maximum atomic E-state index is 12.6. The van der Waals surface area contributed by atoms with Crippen LogP contribution in [0.2, 0.25) is 0 Å². The van der Waals surface area contributed by atoms with E-state index >= 15 is 0 Å². The summed E-state index contributed by atoms with van der Waals surface area (Å²) in [7, 11) is 0. The number of rotatable bonds is 7. The molecule has 0 unspecified atom stereocenters. The molecule has 9 nitrogen and oxygen atoms in total. The molecule has 0 bridgehead atoms. The molecule has 0 aliphatic rings. The molecule has 1 amide bonds. The zero-order chi connectivity index (χ0) is 24.5. The molecule has 0 spiro atoms. The summed E-state index contributed by atoms with van der Waals surface area (Å²) in [5.41, 5.74) is 3.47. The van der Waals surface area contributed by atoms with Crippen LogP contribution in [-0.4, -0.2) is 34.0 Å². The van der Waals surface area contributed by atoms with Crippen molar-refractivity contribution in [1.29, 1.82) is 0 Å². The minimum atomic E-state index is -0.615. The maximum absolute atomic E-state index is 12.6. The average molecular weight is 466 g/mol. The lowest BCUT2D eigenvalue weighted by molar-refractivity contribution is 0.0732. The van der Waals surface area contributed by atoms with Gasteiger partial charge in [0.25, 0.3) is 5.91 Å². The van der Waals surface area contributed by atoms with Crippen molar-refractivity contribution < 1.29 is 23.9 Å². The number of nitrogens with zero attached hydrogens (tertiary/aromatic N) is 3. The molecule has 0 atom stereocenters. The lowest BCUT2D eigenvalue weighted by Gasteiger charge is -2.10. The molecule has 4 rings (SSSR count). The molecule has 0 saturated carbocycles. The number of hydrazone groups is 1. The van der Waals surface area contributed by atoms with Gasteiger partial charge in [-0.15, -0.1) is 0 Å². The van der Waals surface area contributed by atoms with Gasteiger partial charge in [0, 0.05) is 24.0 Å². The average Bonchev–Trinajstić information content (AvgIpc) is 2.91. The zero-order valence-electron chi connectivity index (χ0n) is 18.2. The van der Waals surface area contributed by atoms with Crippen molar-refractivity contribution >= 4 is 24.1 Å². The Morgan fingerprint density at radius 3 is 2.09 bits per heavy atom. The van der Waals surface area contributed by atoms with Gasteiger partial charge in [-0.25, -0.2) is 20.0 Å². The number of amides is 1. The fourth-order valence-electron chi connectivity index (χ4n) is 2.88. The molecule has 0 aliphatic heterocycles. The second kappa shape index (κ2) is 11.1. The van der Waals surface area contributed by atoms with Crippen LogP contribution in [0.1, 0.15) is 36.8 Å². The third-order valence-corrected chi connectivity index (χ3v) is 4.58. The van der Waals surface area contributed by atoms with E-state index in [2.05, 4.69) is 20.5 Å². The van der Waals surface area contributed by atoms with Crippen LogP contribution in [0.25, 0.3) is 0 Å². The maximum Gasteiger partial charge on any atom is 0.343 e. The Kier molecular flexibility index (Phi) is 7.29. The Hall–Kier alpha value is -5.18. The van der Waals surface area contributed by atoms with E-state index in [0.29, 0.717) is 16.7 Å². The first kappa shape index (κ1) is 23.0. The second-order valence-electron chi connectivity index (χ2n) is 7.00. The molecule has 0 radical (unpaired) electrons. The van der Waals surface area contributed by atoms with Crippen molar-refractivity contribution in [3.63, 3.8) is 0 Å². The minimum Gasteiger partial charge on any atom is -0.423 e. The van der Waals surface area contributed by atoms with Gasteiger partial charge in [0.2, 0.25) is 0 Å². The van der Waals surface area contributed by atoms with Gasteiger partial charge in [0.1, 0.15) is 17.2 Å². The van der Waals surface area contributed by atoms with Crippen molar-refractivity contribution in [2.75, 3.05) is 0 Å². The first-order chi connectivity index (χ1) is 17.1. The lowest BCUT2D eigenvalue weighted by Crippen LogP contribution is -2.19. The number of benzene rings is 3. The van der Waals surface area contributed by atoms with Crippen LogP contribution in [0.15, 0.2) is 103 Å². The number of esters is 2. The number of ether oxygens (including phenoxy) is 2. The fourth-order valence-corrected chi connectivity index (χ4v) is 2.88. The van der Waals surface area contributed by atoms with Gasteiger partial charge < -0.3 is 9.47 Å². The highest BCUT2D eigenvalue weighted by Crippen LogP contribution is 2.25.